The lowest BCUT2D eigenvalue weighted by Crippen LogP contribution is -2.34. The number of hydrogen-bond acceptors (Lipinski definition) is 5. The molecule has 0 N–H and O–H groups in total. The summed E-state index contributed by atoms with van der Waals surface area (Å²) in [6, 6.07) is 9.98. The molecule has 0 aliphatic carbocycles. The van der Waals surface area contributed by atoms with E-state index >= 15 is 0 Å². The molecule has 0 radical (unpaired) electrons. The Balaban J connectivity index is 1.52. The van der Waals surface area contributed by atoms with Gasteiger partial charge in [0.1, 0.15) is 5.82 Å². The monoisotopic (exact) mass is 365 g/mol. The standard InChI is InChI=1S/C16H14F3N5S/c17-16(18,19)12-10-25-15(20-12)23-6-7-24-13(21-22-14(24)9-23)8-11-4-2-1-3-5-11/h1-5,10H,6-9H2. The Kier molecular flexibility index (Phi) is 3.95. The van der Waals surface area contributed by atoms with Crippen molar-refractivity contribution >= 4 is 16.5 Å². The predicted molar refractivity (Wildman–Crippen MR) is 87.4 cm³/mol. The Labute approximate surface area is 145 Å². The van der Waals surface area contributed by atoms with Crippen LogP contribution in [0.1, 0.15) is 22.9 Å². The number of nitrogens with zero attached hydrogens (tertiary/aromatic N) is 5. The summed E-state index contributed by atoms with van der Waals surface area (Å²) in [4.78, 5) is 5.53. The highest BCUT2D eigenvalue weighted by Gasteiger charge is 2.34. The van der Waals surface area contributed by atoms with Crippen molar-refractivity contribution < 1.29 is 13.2 Å². The van der Waals surface area contributed by atoms with Crippen molar-refractivity contribution in [3.05, 3.63) is 58.6 Å². The molecule has 25 heavy (non-hydrogen) atoms. The summed E-state index contributed by atoms with van der Waals surface area (Å²) in [6.45, 7) is 1.62. The van der Waals surface area contributed by atoms with E-state index in [1.165, 1.54) is 0 Å². The number of thiazole rings is 1. The molecular formula is C16H14F3N5S. The molecule has 1 aliphatic rings. The fourth-order valence-electron chi connectivity index (χ4n) is 2.83. The van der Waals surface area contributed by atoms with E-state index in [-0.39, 0.29) is 0 Å². The minimum Gasteiger partial charge on any atom is -0.339 e. The van der Waals surface area contributed by atoms with Gasteiger partial charge in [-0.2, -0.15) is 13.2 Å². The molecule has 0 unspecified atom stereocenters. The lowest BCUT2D eigenvalue weighted by molar-refractivity contribution is -0.140. The molecule has 3 aromatic rings. The van der Waals surface area contributed by atoms with Crippen LogP contribution in [0.3, 0.4) is 0 Å². The lowest BCUT2D eigenvalue weighted by Gasteiger charge is -2.27. The number of aromatic nitrogens is 4. The fraction of sp³-hybridized carbons (Fsp3) is 0.312. The molecule has 0 atom stereocenters. The van der Waals surface area contributed by atoms with Crippen molar-refractivity contribution in [1.82, 2.24) is 19.7 Å². The van der Waals surface area contributed by atoms with E-state index in [1.807, 2.05) is 39.8 Å². The van der Waals surface area contributed by atoms with Gasteiger partial charge < -0.3 is 9.47 Å². The number of anilines is 1. The van der Waals surface area contributed by atoms with Crippen LogP contribution in [0.15, 0.2) is 35.7 Å². The van der Waals surface area contributed by atoms with E-state index < -0.39 is 11.9 Å². The number of benzene rings is 1. The first kappa shape index (κ1) is 16.1. The Morgan fingerprint density at radius 1 is 1.08 bits per heavy atom. The molecule has 0 fully saturated rings. The highest BCUT2D eigenvalue weighted by Crippen LogP contribution is 2.33. The van der Waals surface area contributed by atoms with Crippen molar-refractivity contribution in [3.8, 4) is 0 Å². The molecule has 2 aromatic heterocycles. The molecule has 4 rings (SSSR count). The Morgan fingerprint density at radius 3 is 2.60 bits per heavy atom. The van der Waals surface area contributed by atoms with Crippen LogP contribution in [0.25, 0.3) is 0 Å². The van der Waals surface area contributed by atoms with Gasteiger partial charge in [0.05, 0.1) is 6.54 Å². The van der Waals surface area contributed by atoms with Gasteiger partial charge in [-0.05, 0) is 5.56 Å². The van der Waals surface area contributed by atoms with Crippen LogP contribution >= 0.6 is 11.3 Å². The third-order valence-electron chi connectivity index (χ3n) is 4.09. The molecule has 3 heterocycles. The second kappa shape index (κ2) is 6.14. The summed E-state index contributed by atoms with van der Waals surface area (Å²) in [5.74, 6) is 1.62. The van der Waals surface area contributed by atoms with E-state index in [9.17, 15) is 13.2 Å². The molecule has 0 saturated heterocycles. The normalized spacial score (nSPS) is 14.6. The molecule has 5 nitrogen and oxygen atoms in total. The van der Waals surface area contributed by atoms with Crippen molar-refractivity contribution in [1.29, 1.82) is 0 Å². The van der Waals surface area contributed by atoms with Crippen LogP contribution in [-0.2, 0) is 25.7 Å². The summed E-state index contributed by atoms with van der Waals surface area (Å²) >= 11 is 1.00. The average molecular weight is 365 g/mol. The average Bonchev–Trinajstić information content (AvgIpc) is 3.23. The van der Waals surface area contributed by atoms with Crippen molar-refractivity contribution in [2.75, 3.05) is 11.4 Å². The molecular weight excluding hydrogens is 351 g/mol. The summed E-state index contributed by atoms with van der Waals surface area (Å²) in [7, 11) is 0. The van der Waals surface area contributed by atoms with Crippen LogP contribution in [0.2, 0.25) is 0 Å². The third kappa shape index (κ3) is 3.23. The molecule has 1 aromatic carbocycles. The van der Waals surface area contributed by atoms with E-state index in [0.29, 0.717) is 31.2 Å². The van der Waals surface area contributed by atoms with Gasteiger partial charge in [0.15, 0.2) is 16.6 Å². The Hall–Kier alpha value is -2.42. The van der Waals surface area contributed by atoms with E-state index in [1.54, 1.807) is 0 Å². The minimum atomic E-state index is -4.41. The second-order valence-corrected chi connectivity index (χ2v) is 6.62. The minimum absolute atomic E-state index is 0.367. The summed E-state index contributed by atoms with van der Waals surface area (Å²) in [6.07, 6.45) is -3.73. The Morgan fingerprint density at radius 2 is 1.88 bits per heavy atom. The fourth-order valence-corrected chi connectivity index (χ4v) is 3.69. The number of alkyl halides is 3. The van der Waals surface area contributed by atoms with Gasteiger partial charge in [0, 0.05) is 24.9 Å². The molecule has 0 amide bonds. The van der Waals surface area contributed by atoms with Crippen molar-refractivity contribution in [2.45, 2.75) is 25.7 Å². The zero-order valence-electron chi connectivity index (χ0n) is 13.1. The van der Waals surface area contributed by atoms with Gasteiger partial charge >= 0.3 is 6.18 Å². The number of fused-ring (bicyclic) bond motifs is 1. The van der Waals surface area contributed by atoms with E-state index in [4.69, 9.17) is 0 Å². The topological polar surface area (TPSA) is 46.8 Å². The van der Waals surface area contributed by atoms with Crippen LogP contribution in [0, 0.1) is 0 Å². The number of hydrogen-bond donors (Lipinski definition) is 0. The summed E-state index contributed by atoms with van der Waals surface area (Å²) < 4.78 is 40.2. The quantitative estimate of drug-likeness (QED) is 0.714. The van der Waals surface area contributed by atoms with Crippen LogP contribution in [0.4, 0.5) is 18.3 Å². The number of rotatable bonds is 3. The maximum Gasteiger partial charge on any atom is 0.434 e. The summed E-state index contributed by atoms with van der Waals surface area (Å²) in [5.41, 5.74) is 0.305. The second-order valence-electron chi connectivity index (χ2n) is 5.78. The molecule has 9 heteroatoms. The first-order valence-corrected chi connectivity index (χ1v) is 8.61. The zero-order chi connectivity index (χ0) is 17.4. The zero-order valence-corrected chi connectivity index (χ0v) is 13.9. The highest BCUT2D eigenvalue weighted by atomic mass is 32.1. The molecule has 130 valence electrons. The van der Waals surface area contributed by atoms with Gasteiger partial charge in [-0.15, -0.1) is 21.5 Å². The molecule has 1 aliphatic heterocycles. The van der Waals surface area contributed by atoms with Gasteiger partial charge in [0.2, 0.25) is 0 Å². The number of halogens is 3. The van der Waals surface area contributed by atoms with Crippen molar-refractivity contribution in [3.63, 3.8) is 0 Å². The third-order valence-corrected chi connectivity index (χ3v) is 4.99. The molecule has 0 spiro atoms. The highest BCUT2D eigenvalue weighted by molar-refractivity contribution is 7.13. The predicted octanol–water partition coefficient (Wildman–Crippen LogP) is 3.36. The van der Waals surface area contributed by atoms with Crippen LogP contribution in [0.5, 0.6) is 0 Å². The van der Waals surface area contributed by atoms with Crippen molar-refractivity contribution in [2.24, 2.45) is 0 Å². The van der Waals surface area contributed by atoms with E-state index in [2.05, 4.69) is 15.2 Å². The van der Waals surface area contributed by atoms with Gasteiger partial charge in [0.25, 0.3) is 0 Å². The SMILES string of the molecule is FC(F)(F)c1csc(N2CCn3c(Cc4ccccc4)nnc3C2)n1. The molecule has 0 saturated carbocycles. The summed E-state index contributed by atoms with van der Waals surface area (Å²) in [5, 5.41) is 9.88. The smallest absolute Gasteiger partial charge is 0.339 e. The first-order valence-electron chi connectivity index (χ1n) is 7.73. The largest absolute Gasteiger partial charge is 0.434 e. The van der Waals surface area contributed by atoms with Gasteiger partial charge in [-0.1, -0.05) is 30.3 Å². The maximum atomic E-state index is 12.7. The Bertz CT molecular complexity index is 872. The van der Waals surface area contributed by atoms with Crippen LogP contribution < -0.4 is 4.90 Å². The maximum absolute atomic E-state index is 12.7. The van der Waals surface area contributed by atoms with Gasteiger partial charge in [-0.25, -0.2) is 4.98 Å². The van der Waals surface area contributed by atoms with Gasteiger partial charge in [-0.3, -0.25) is 0 Å². The van der Waals surface area contributed by atoms with Crippen LogP contribution in [-0.4, -0.2) is 26.3 Å². The molecule has 0 bridgehead atoms. The first-order chi connectivity index (χ1) is 12.0. The lowest BCUT2D eigenvalue weighted by atomic mass is 10.1. The van der Waals surface area contributed by atoms with E-state index in [0.717, 1.165) is 33.9 Å².